The Bertz CT molecular complexity index is 717. The molecule has 4 rings (SSSR count). The summed E-state index contributed by atoms with van der Waals surface area (Å²) in [7, 11) is 0. The summed E-state index contributed by atoms with van der Waals surface area (Å²) in [6.07, 6.45) is 4.95. The number of nitrogens with zero attached hydrogens (tertiary/aromatic N) is 5. The van der Waals surface area contributed by atoms with E-state index in [0.717, 1.165) is 73.3 Å². The second-order valence-corrected chi connectivity index (χ2v) is 8.36. The zero-order chi connectivity index (χ0) is 17.9. The SMILES string of the molecule is Cc1cc(CSc2nnc(N3CCC(C)CC3)n2C[C@H]2CCCO2)no1. The average Bonchev–Trinajstić information content (AvgIpc) is 3.37. The van der Waals surface area contributed by atoms with Crippen molar-refractivity contribution in [3.8, 4) is 0 Å². The van der Waals surface area contributed by atoms with Crippen molar-refractivity contribution in [2.24, 2.45) is 5.92 Å². The van der Waals surface area contributed by atoms with Crippen LogP contribution in [0.1, 0.15) is 44.1 Å². The van der Waals surface area contributed by atoms with Crippen LogP contribution < -0.4 is 4.90 Å². The molecule has 0 aliphatic carbocycles. The van der Waals surface area contributed by atoms with Crippen molar-refractivity contribution in [1.82, 2.24) is 19.9 Å². The molecule has 26 heavy (non-hydrogen) atoms. The van der Waals surface area contributed by atoms with E-state index in [1.54, 1.807) is 11.8 Å². The normalized spacial score (nSPS) is 21.6. The standard InChI is InChI=1S/C18H27N5O2S/c1-13-5-7-22(8-6-13)17-19-20-18(23(17)11-16-4-3-9-24-16)26-12-15-10-14(2)25-21-15/h10,13,16H,3-9,11-12H2,1-2H3/t16-/m1/s1. The number of ether oxygens (including phenoxy) is 1. The van der Waals surface area contributed by atoms with Gasteiger partial charge < -0.3 is 14.2 Å². The minimum Gasteiger partial charge on any atom is -0.376 e. The summed E-state index contributed by atoms with van der Waals surface area (Å²) in [5.74, 6) is 3.36. The van der Waals surface area contributed by atoms with E-state index < -0.39 is 0 Å². The van der Waals surface area contributed by atoms with Crippen molar-refractivity contribution in [2.45, 2.75) is 63.1 Å². The molecule has 0 bridgehead atoms. The maximum absolute atomic E-state index is 5.88. The Hall–Kier alpha value is -1.54. The molecule has 0 saturated carbocycles. The van der Waals surface area contributed by atoms with Crippen LogP contribution in [0.5, 0.6) is 0 Å². The zero-order valence-corrected chi connectivity index (χ0v) is 16.4. The van der Waals surface area contributed by atoms with Crippen LogP contribution in [0.25, 0.3) is 0 Å². The van der Waals surface area contributed by atoms with Gasteiger partial charge in [0.2, 0.25) is 5.95 Å². The Balaban J connectivity index is 1.51. The number of aryl methyl sites for hydroxylation is 1. The van der Waals surface area contributed by atoms with Crippen LogP contribution >= 0.6 is 11.8 Å². The number of thioether (sulfide) groups is 1. The molecule has 0 N–H and O–H groups in total. The highest BCUT2D eigenvalue weighted by Crippen LogP contribution is 2.29. The maximum Gasteiger partial charge on any atom is 0.228 e. The highest BCUT2D eigenvalue weighted by molar-refractivity contribution is 7.98. The van der Waals surface area contributed by atoms with Crippen LogP contribution in [-0.4, -0.2) is 45.7 Å². The van der Waals surface area contributed by atoms with E-state index in [0.29, 0.717) is 0 Å². The van der Waals surface area contributed by atoms with E-state index in [4.69, 9.17) is 9.26 Å². The maximum atomic E-state index is 5.88. The van der Waals surface area contributed by atoms with Gasteiger partial charge in [-0.2, -0.15) is 0 Å². The van der Waals surface area contributed by atoms with E-state index >= 15 is 0 Å². The third kappa shape index (κ3) is 4.06. The Kier molecular flexibility index (Phi) is 5.49. The van der Waals surface area contributed by atoms with Crippen molar-refractivity contribution in [3.63, 3.8) is 0 Å². The van der Waals surface area contributed by atoms with Gasteiger partial charge >= 0.3 is 0 Å². The summed E-state index contributed by atoms with van der Waals surface area (Å²) in [5, 5.41) is 14.1. The number of hydrogen-bond acceptors (Lipinski definition) is 7. The number of rotatable bonds is 6. The molecule has 4 heterocycles. The van der Waals surface area contributed by atoms with Gasteiger partial charge in [-0.05, 0) is 38.5 Å². The molecule has 0 radical (unpaired) electrons. The van der Waals surface area contributed by atoms with Gasteiger partial charge in [0.05, 0.1) is 18.3 Å². The quantitative estimate of drug-likeness (QED) is 0.716. The number of hydrogen-bond donors (Lipinski definition) is 0. The molecule has 0 aromatic carbocycles. The molecule has 0 spiro atoms. The fourth-order valence-corrected chi connectivity index (χ4v) is 4.43. The predicted octanol–water partition coefficient (Wildman–Crippen LogP) is 3.28. The third-order valence-corrected chi connectivity index (χ3v) is 6.20. The van der Waals surface area contributed by atoms with Gasteiger partial charge in [0, 0.05) is 31.5 Å². The summed E-state index contributed by atoms with van der Waals surface area (Å²) < 4.78 is 13.3. The first-order valence-electron chi connectivity index (χ1n) is 9.54. The monoisotopic (exact) mass is 377 g/mol. The summed E-state index contributed by atoms with van der Waals surface area (Å²) in [5.41, 5.74) is 0.938. The smallest absolute Gasteiger partial charge is 0.228 e. The summed E-state index contributed by atoms with van der Waals surface area (Å²) >= 11 is 1.67. The van der Waals surface area contributed by atoms with Crippen LogP contribution in [0.2, 0.25) is 0 Å². The lowest BCUT2D eigenvalue weighted by Crippen LogP contribution is -2.35. The van der Waals surface area contributed by atoms with Crippen molar-refractivity contribution >= 4 is 17.7 Å². The summed E-state index contributed by atoms with van der Waals surface area (Å²) in [4.78, 5) is 2.38. The predicted molar refractivity (Wildman–Crippen MR) is 100 cm³/mol. The fraction of sp³-hybridized carbons (Fsp3) is 0.722. The lowest BCUT2D eigenvalue weighted by molar-refractivity contribution is 0.0951. The van der Waals surface area contributed by atoms with Crippen molar-refractivity contribution < 1.29 is 9.26 Å². The van der Waals surface area contributed by atoms with Gasteiger partial charge in [-0.15, -0.1) is 10.2 Å². The molecule has 2 aliphatic rings. The van der Waals surface area contributed by atoms with Crippen LogP contribution in [0, 0.1) is 12.8 Å². The van der Waals surface area contributed by atoms with Crippen LogP contribution in [-0.2, 0) is 17.0 Å². The van der Waals surface area contributed by atoms with Gasteiger partial charge in [-0.1, -0.05) is 23.8 Å². The molecule has 1 atom stereocenters. The summed E-state index contributed by atoms with van der Waals surface area (Å²) in [6, 6.07) is 1.97. The van der Waals surface area contributed by atoms with E-state index in [2.05, 4.69) is 31.7 Å². The molecule has 142 valence electrons. The molecule has 8 heteroatoms. The number of anilines is 1. The first-order chi connectivity index (χ1) is 12.7. The van der Waals surface area contributed by atoms with Gasteiger partial charge in [-0.3, -0.25) is 4.57 Å². The van der Waals surface area contributed by atoms with E-state index in [1.807, 2.05) is 13.0 Å². The third-order valence-electron chi connectivity index (χ3n) is 5.20. The van der Waals surface area contributed by atoms with E-state index in [1.165, 1.54) is 12.8 Å². The molecule has 0 unspecified atom stereocenters. The average molecular weight is 378 g/mol. The second kappa shape index (κ2) is 8.00. The van der Waals surface area contributed by atoms with E-state index in [-0.39, 0.29) is 6.10 Å². The molecule has 2 saturated heterocycles. The minimum absolute atomic E-state index is 0.266. The number of piperidine rings is 1. The first kappa shape index (κ1) is 17.9. The first-order valence-corrected chi connectivity index (χ1v) is 10.5. The Morgan fingerprint density at radius 2 is 2.08 bits per heavy atom. The van der Waals surface area contributed by atoms with E-state index in [9.17, 15) is 0 Å². The van der Waals surface area contributed by atoms with Crippen molar-refractivity contribution in [2.75, 3.05) is 24.6 Å². The largest absolute Gasteiger partial charge is 0.376 e. The van der Waals surface area contributed by atoms with Crippen LogP contribution in [0.15, 0.2) is 15.7 Å². The molecule has 0 amide bonds. The Morgan fingerprint density at radius 3 is 2.77 bits per heavy atom. The molecule has 2 aliphatic heterocycles. The van der Waals surface area contributed by atoms with Gasteiger partial charge in [-0.25, -0.2) is 0 Å². The Labute approximate surface area is 158 Å². The topological polar surface area (TPSA) is 69.2 Å². The lowest BCUT2D eigenvalue weighted by Gasteiger charge is -2.31. The molecule has 2 aromatic heterocycles. The van der Waals surface area contributed by atoms with Crippen LogP contribution in [0.4, 0.5) is 5.95 Å². The van der Waals surface area contributed by atoms with Gasteiger partial charge in [0.1, 0.15) is 5.76 Å². The van der Waals surface area contributed by atoms with Gasteiger partial charge in [0.25, 0.3) is 0 Å². The summed E-state index contributed by atoms with van der Waals surface area (Å²) in [6.45, 7) is 8.04. The zero-order valence-electron chi connectivity index (χ0n) is 15.6. The molecule has 2 aromatic rings. The van der Waals surface area contributed by atoms with Crippen molar-refractivity contribution in [3.05, 3.63) is 17.5 Å². The minimum atomic E-state index is 0.266. The van der Waals surface area contributed by atoms with Gasteiger partial charge in [0.15, 0.2) is 5.16 Å². The molecule has 7 nitrogen and oxygen atoms in total. The van der Waals surface area contributed by atoms with Crippen molar-refractivity contribution in [1.29, 1.82) is 0 Å². The fourth-order valence-electron chi connectivity index (χ4n) is 3.61. The molecular formula is C18H27N5O2S. The lowest BCUT2D eigenvalue weighted by atomic mass is 10.00. The number of aromatic nitrogens is 4. The second-order valence-electron chi connectivity index (χ2n) is 7.42. The highest BCUT2D eigenvalue weighted by atomic mass is 32.2. The molecular weight excluding hydrogens is 350 g/mol. The van der Waals surface area contributed by atoms with Crippen LogP contribution in [0.3, 0.4) is 0 Å². The Morgan fingerprint density at radius 1 is 1.23 bits per heavy atom. The highest BCUT2D eigenvalue weighted by Gasteiger charge is 2.26. The molecule has 2 fully saturated rings.